The number of rotatable bonds is 2. The van der Waals surface area contributed by atoms with E-state index in [1.807, 2.05) is 0 Å². The van der Waals surface area contributed by atoms with Gasteiger partial charge < -0.3 is 19.8 Å². The average molecular weight is 325 g/mol. The molecule has 0 saturated carbocycles. The first-order valence-corrected chi connectivity index (χ1v) is 7.58. The molecule has 0 bridgehead atoms. The molecule has 3 heterocycles. The number of aromatic amines is 1. The van der Waals surface area contributed by atoms with Crippen LogP contribution >= 0.6 is 0 Å². The maximum absolute atomic E-state index is 12.4. The van der Waals surface area contributed by atoms with Crippen molar-refractivity contribution in [1.82, 2.24) is 19.9 Å². The van der Waals surface area contributed by atoms with Gasteiger partial charge in [0.2, 0.25) is 0 Å². The SMILES string of the molecule is CNc1cnc(-c2nc3cc4c(cc3c(=O)[nH]2)OCCCO4)cn1. The third kappa shape index (κ3) is 2.51. The van der Waals surface area contributed by atoms with Crippen molar-refractivity contribution in [2.75, 3.05) is 25.6 Å². The summed E-state index contributed by atoms with van der Waals surface area (Å²) in [6.07, 6.45) is 3.93. The Labute approximate surface area is 136 Å². The molecule has 8 nitrogen and oxygen atoms in total. The number of nitrogens with zero attached hydrogens (tertiary/aromatic N) is 3. The zero-order chi connectivity index (χ0) is 16.5. The minimum Gasteiger partial charge on any atom is -0.490 e. The summed E-state index contributed by atoms with van der Waals surface area (Å²) >= 11 is 0. The minimum atomic E-state index is -0.259. The van der Waals surface area contributed by atoms with E-state index in [-0.39, 0.29) is 5.56 Å². The van der Waals surface area contributed by atoms with Gasteiger partial charge in [-0.2, -0.15) is 0 Å². The van der Waals surface area contributed by atoms with Crippen LogP contribution < -0.4 is 20.3 Å². The fourth-order valence-electron chi connectivity index (χ4n) is 2.50. The molecule has 3 aromatic rings. The van der Waals surface area contributed by atoms with Crippen molar-refractivity contribution in [3.8, 4) is 23.0 Å². The highest BCUT2D eigenvalue weighted by Gasteiger charge is 2.15. The highest BCUT2D eigenvalue weighted by molar-refractivity contribution is 5.83. The van der Waals surface area contributed by atoms with E-state index in [4.69, 9.17) is 9.47 Å². The fourth-order valence-corrected chi connectivity index (χ4v) is 2.50. The number of anilines is 1. The van der Waals surface area contributed by atoms with Gasteiger partial charge in [0.1, 0.15) is 11.5 Å². The smallest absolute Gasteiger partial charge is 0.259 e. The van der Waals surface area contributed by atoms with Gasteiger partial charge in [-0.25, -0.2) is 15.0 Å². The van der Waals surface area contributed by atoms with Gasteiger partial charge in [-0.05, 0) is 6.07 Å². The predicted octanol–water partition coefficient (Wildman–Crippen LogP) is 1.58. The van der Waals surface area contributed by atoms with E-state index in [0.29, 0.717) is 53.0 Å². The zero-order valence-electron chi connectivity index (χ0n) is 13.0. The van der Waals surface area contributed by atoms with Crippen molar-refractivity contribution < 1.29 is 9.47 Å². The topological polar surface area (TPSA) is 102 Å². The molecular formula is C16H15N5O3. The first-order chi connectivity index (χ1) is 11.7. The predicted molar refractivity (Wildman–Crippen MR) is 88.5 cm³/mol. The minimum absolute atomic E-state index is 0.259. The Balaban J connectivity index is 1.85. The number of ether oxygens (including phenoxy) is 2. The Hall–Kier alpha value is -3.16. The first-order valence-electron chi connectivity index (χ1n) is 7.58. The maximum atomic E-state index is 12.4. The van der Waals surface area contributed by atoms with Gasteiger partial charge in [-0.1, -0.05) is 0 Å². The van der Waals surface area contributed by atoms with Crippen LogP contribution in [0, 0.1) is 0 Å². The molecule has 0 radical (unpaired) electrons. The van der Waals surface area contributed by atoms with Crippen LogP contribution in [0.25, 0.3) is 22.4 Å². The van der Waals surface area contributed by atoms with E-state index in [9.17, 15) is 4.79 Å². The van der Waals surface area contributed by atoms with E-state index in [2.05, 4.69) is 25.3 Å². The van der Waals surface area contributed by atoms with Crippen molar-refractivity contribution in [2.45, 2.75) is 6.42 Å². The van der Waals surface area contributed by atoms with E-state index < -0.39 is 0 Å². The number of H-pyrrole nitrogens is 1. The van der Waals surface area contributed by atoms with E-state index >= 15 is 0 Å². The van der Waals surface area contributed by atoms with Gasteiger partial charge in [0.05, 0.1) is 36.5 Å². The van der Waals surface area contributed by atoms with E-state index in [1.54, 1.807) is 31.6 Å². The van der Waals surface area contributed by atoms with Gasteiger partial charge in [-0.15, -0.1) is 0 Å². The molecule has 2 aromatic heterocycles. The second-order valence-corrected chi connectivity index (χ2v) is 5.32. The van der Waals surface area contributed by atoms with Crippen LogP contribution in [0.3, 0.4) is 0 Å². The summed E-state index contributed by atoms with van der Waals surface area (Å²) in [5.41, 5.74) is 0.753. The van der Waals surface area contributed by atoms with Crippen LogP contribution in [0.2, 0.25) is 0 Å². The molecule has 0 fully saturated rings. The second-order valence-electron chi connectivity index (χ2n) is 5.32. The highest BCUT2D eigenvalue weighted by Crippen LogP contribution is 2.32. The van der Waals surface area contributed by atoms with E-state index in [0.717, 1.165) is 6.42 Å². The number of nitrogens with one attached hydrogen (secondary N) is 2. The largest absolute Gasteiger partial charge is 0.490 e. The Kier molecular flexibility index (Phi) is 3.49. The van der Waals surface area contributed by atoms with Crippen LogP contribution in [0.15, 0.2) is 29.3 Å². The quantitative estimate of drug-likeness (QED) is 0.737. The third-order valence-corrected chi connectivity index (χ3v) is 3.73. The van der Waals surface area contributed by atoms with Crippen LogP contribution in [0.1, 0.15) is 6.42 Å². The Morgan fingerprint density at radius 2 is 1.92 bits per heavy atom. The highest BCUT2D eigenvalue weighted by atomic mass is 16.5. The van der Waals surface area contributed by atoms with Crippen LogP contribution in [-0.2, 0) is 0 Å². The lowest BCUT2D eigenvalue weighted by Crippen LogP contribution is -2.11. The lowest BCUT2D eigenvalue weighted by molar-refractivity contribution is 0.297. The van der Waals surface area contributed by atoms with E-state index in [1.165, 1.54) is 0 Å². The average Bonchev–Trinajstić information content (AvgIpc) is 2.85. The molecule has 0 amide bonds. The van der Waals surface area contributed by atoms with Crippen molar-refractivity contribution >= 4 is 16.7 Å². The Morgan fingerprint density at radius 3 is 2.62 bits per heavy atom. The second kappa shape index (κ2) is 5.80. The molecule has 1 aliphatic heterocycles. The monoisotopic (exact) mass is 325 g/mol. The maximum Gasteiger partial charge on any atom is 0.259 e. The molecule has 0 spiro atoms. The van der Waals surface area contributed by atoms with Gasteiger partial charge in [0.15, 0.2) is 17.3 Å². The molecule has 4 rings (SSSR count). The van der Waals surface area contributed by atoms with Crippen molar-refractivity contribution in [3.05, 3.63) is 34.9 Å². The van der Waals surface area contributed by atoms with Crippen molar-refractivity contribution in [3.63, 3.8) is 0 Å². The number of aromatic nitrogens is 4. The molecule has 24 heavy (non-hydrogen) atoms. The Morgan fingerprint density at radius 1 is 1.12 bits per heavy atom. The number of hydrogen-bond donors (Lipinski definition) is 2. The molecule has 0 aliphatic carbocycles. The van der Waals surface area contributed by atoms with Crippen molar-refractivity contribution in [2.24, 2.45) is 0 Å². The molecule has 2 N–H and O–H groups in total. The van der Waals surface area contributed by atoms with Gasteiger partial charge in [0, 0.05) is 19.5 Å². The zero-order valence-corrected chi connectivity index (χ0v) is 13.0. The first kappa shape index (κ1) is 14.4. The van der Waals surface area contributed by atoms with Crippen LogP contribution in [0.5, 0.6) is 11.5 Å². The third-order valence-electron chi connectivity index (χ3n) is 3.73. The summed E-state index contributed by atoms with van der Waals surface area (Å²) in [5.74, 6) is 2.16. The lowest BCUT2D eigenvalue weighted by atomic mass is 10.2. The molecule has 0 saturated heterocycles. The number of hydrogen-bond acceptors (Lipinski definition) is 7. The molecular weight excluding hydrogens is 310 g/mol. The van der Waals surface area contributed by atoms with Crippen LogP contribution in [-0.4, -0.2) is 40.2 Å². The summed E-state index contributed by atoms with van der Waals surface area (Å²) in [5, 5.41) is 3.34. The molecule has 122 valence electrons. The summed E-state index contributed by atoms with van der Waals surface area (Å²) in [6.45, 7) is 1.14. The number of fused-ring (bicyclic) bond motifs is 2. The number of benzene rings is 1. The van der Waals surface area contributed by atoms with Gasteiger partial charge in [0.25, 0.3) is 5.56 Å². The molecule has 0 atom stereocenters. The fraction of sp³-hybridized carbons (Fsp3) is 0.250. The van der Waals surface area contributed by atoms with Crippen molar-refractivity contribution in [1.29, 1.82) is 0 Å². The molecule has 0 unspecified atom stereocenters. The summed E-state index contributed by atoms with van der Waals surface area (Å²) in [7, 11) is 1.76. The summed E-state index contributed by atoms with van der Waals surface area (Å²) in [6, 6.07) is 3.39. The molecule has 1 aliphatic rings. The standard InChI is InChI=1S/C16H15N5O3/c1-17-14-8-18-11(7-19-14)15-20-10-6-13-12(23-3-2-4-24-13)5-9(10)16(22)21-15/h5-8H,2-4H2,1H3,(H,17,19)(H,20,21,22). The van der Waals surface area contributed by atoms with Gasteiger partial charge in [-0.3, -0.25) is 4.79 Å². The van der Waals surface area contributed by atoms with Gasteiger partial charge >= 0.3 is 0 Å². The molecule has 8 heteroatoms. The summed E-state index contributed by atoms with van der Waals surface area (Å²) < 4.78 is 11.3. The lowest BCUT2D eigenvalue weighted by Gasteiger charge is -2.09. The van der Waals surface area contributed by atoms with Crippen LogP contribution in [0.4, 0.5) is 5.82 Å². The summed E-state index contributed by atoms with van der Waals surface area (Å²) in [4.78, 5) is 28.1. The Bertz CT molecular complexity index is 952. The normalized spacial score (nSPS) is 13.5. The molecule has 1 aromatic carbocycles.